The molecule has 1 aliphatic rings. The van der Waals surface area contributed by atoms with Gasteiger partial charge in [0.25, 0.3) is 0 Å². The predicted molar refractivity (Wildman–Crippen MR) is 70.6 cm³/mol. The van der Waals surface area contributed by atoms with Crippen molar-refractivity contribution in [2.75, 3.05) is 6.54 Å². The largest absolute Gasteiger partial charge is 0.479 e. The van der Waals surface area contributed by atoms with Gasteiger partial charge in [-0.2, -0.15) is 0 Å². The number of benzene rings is 1. The van der Waals surface area contributed by atoms with Crippen molar-refractivity contribution in [3.63, 3.8) is 0 Å². The van der Waals surface area contributed by atoms with Crippen molar-refractivity contribution in [3.05, 3.63) is 35.9 Å². The monoisotopic (exact) mass is 262 g/mol. The molecule has 0 aromatic heterocycles. The Morgan fingerprint density at radius 1 is 1.26 bits per heavy atom. The molecule has 3 N–H and O–H groups in total. The lowest BCUT2D eigenvalue weighted by atomic mass is 10.1. The van der Waals surface area contributed by atoms with Gasteiger partial charge in [0.05, 0.1) is 0 Å². The maximum absolute atomic E-state index is 11.7. The van der Waals surface area contributed by atoms with Gasteiger partial charge in [0.15, 0.2) is 6.04 Å². The first-order chi connectivity index (χ1) is 9.16. The molecule has 2 rings (SSSR count). The predicted octanol–water partition coefficient (Wildman–Crippen LogP) is 1.07. The van der Waals surface area contributed by atoms with Gasteiger partial charge in [0.2, 0.25) is 5.91 Å². The number of carboxylic acid groups (broad SMARTS) is 1. The third-order valence-electron chi connectivity index (χ3n) is 3.05. The van der Waals surface area contributed by atoms with Crippen molar-refractivity contribution < 1.29 is 14.7 Å². The zero-order chi connectivity index (χ0) is 13.7. The van der Waals surface area contributed by atoms with Gasteiger partial charge in [0, 0.05) is 19.0 Å². The summed E-state index contributed by atoms with van der Waals surface area (Å²) in [6.45, 7) is 0.595. The van der Waals surface area contributed by atoms with Crippen LogP contribution in [0.1, 0.15) is 30.9 Å². The molecule has 1 amide bonds. The topological polar surface area (TPSA) is 78.4 Å². The molecule has 1 aliphatic carbocycles. The van der Waals surface area contributed by atoms with Crippen molar-refractivity contribution in [1.82, 2.24) is 10.6 Å². The van der Waals surface area contributed by atoms with Crippen LogP contribution in [0.25, 0.3) is 0 Å². The molecule has 102 valence electrons. The first-order valence-corrected chi connectivity index (χ1v) is 6.47. The first-order valence-electron chi connectivity index (χ1n) is 6.47. The van der Waals surface area contributed by atoms with Gasteiger partial charge in [-0.05, 0) is 18.4 Å². The number of hydrogen-bond donors (Lipinski definition) is 3. The highest BCUT2D eigenvalue weighted by Gasteiger charge is 2.23. The van der Waals surface area contributed by atoms with Crippen LogP contribution in [-0.2, 0) is 9.59 Å². The fourth-order valence-electron chi connectivity index (χ4n) is 1.84. The van der Waals surface area contributed by atoms with Gasteiger partial charge in [0.1, 0.15) is 0 Å². The Morgan fingerprint density at radius 3 is 2.53 bits per heavy atom. The van der Waals surface area contributed by atoms with Crippen molar-refractivity contribution in [1.29, 1.82) is 0 Å². The van der Waals surface area contributed by atoms with Crippen LogP contribution in [0.2, 0.25) is 0 Å². The molecular weight excluding hydrogens is 244 g/mol. The van der Waals surface area contributed by atoms with Gasteiger partial charge in [-0.3, -0.25) is 4.79 Å². The van der Waals surface area contributed by atoms with Gasteiger partial charge >= 0.3 is 5.97 Å². The molecule has 0 radical (unpaired) electrons. The molecule has 1 saturated carbocycles. The zero-order valence-corrected chi connectivity index (χ0v) is 10.6. The van der Waals surface area contributed by atoms with Crippen molar-refractivity contribution >= 4 is 11.9 Å². The van der Waals surface area contributed by atoms with E-state index in [0.29, 0.717) is 24.6 Å². The van der Waals surface area contributed by atoms with Crippen molar-refractivity contribution in [2.24, 2.45) is 0 Å². The molecule has 0 aliphatic heterocycles. The fraction of sp³-hybridized carbons (Fsp3) is 0.429. The molecule has 0 saturated heterocycles. The van der Waals surface area contributed by atoms with Gasteiger partial charge in [-0.25, -0.2) is 4.79 Å². The Labute approximate surface area is 112 Å². The first kappa shape index (κ1) is 13.5. The van der Waals surface area contributed by atoms with E-state index in [1.54, 1.807) is 24.3 Å². The molecule has 19 heavy (non-hydrogen) atoms. The average Bonchev–Trinajstić information content (AvgIpc) is 3.21. The molecule has 0 heterocycles. The maximum atomic E-state index is 11.7. The highest BCUT2D eigenvalue weighted by molar-refractivity contribution is 5.84. The van der Waals surface area contributed by atoms with Crippen LogP contribution in [0.15, 0.2) is 30.3 Å². The second kappa shape index (κ2) is 6.33. The number of hydrogen-bond acceptors (Lipinski definition) is 3. The van der Waals surface area contributed by atoms with Crippen LogP contribution in [-0.4, -0.2) is 29.6 Å². The summed E-state index contributed by atoms with van der Waals surface area (Å²) in [6.07, 6.45) is 2.64. The normalized spacial score (nSPS) is 15.8. The fourth-order valence-corrected chi connectivity index (χ4v) is 1.84. The molecule has 1 atom stereocenters. The van der Waals surface area contributed by atoms with E-state index in [4.69, 9.17) is 5.11 Å². The van der Waals surface area contributed by atoms with Crippen LogP contribution in [0.4, 0.5) is 0 Å². The third kappa shape index (κ3) is 4.37. The molecule has 5 nitrogen and oxygen atoms in total. The zero-order valence-electron chi connectivity index (χ0n) is 10.6. The van der Waals surface area contributed by atoms with E-state index in [9.17, 15) is 9.59 Å². The Hall–Kier alpha value is -1.88. The Kier molecular flexibility index (Phi) is 4.52. The van der Waals surface area contributed by atoms with Crippen LogP contribution >= 0.6 is 0 Å². The summed E-state index contributed by atoms with van der Waals surface area (Å²) >= 11 is 0. The molecule has 1 aromatic carbocycles. The Balaban J connectivity index is 1.85. The third-order valence-corrected chi connectivity index (χ3v) is 3.05. The van der Waals surface area contributed by atoms with Gasteiger partial charge in [-0.1, -0.05) is 30.3 Å². The standard InChI is InChI=1S/C14H18N2O3/c17-12(8-9-15-11-6-7-11)16-13(14(18)19)10-4-2-1-3-5-10/h1-5,11,13,15H,6-9H2,(H,16,17)(H,18,19). The van der Waals surface area contributed by atoms with E-state index in [1.807, 2.05) is 6.07 Å². The lowest BCUT2D eigenvalue weighted by Crippen LogP contribution is -2.35. The number of amides is 1. The average molecular weight is 262 g/mol. The molecule has 1 aromatic rings. The van der Waals surface area contributed by atoms with Crippen LogP contribution in [0, 0.1) is 0 Å². The lowest BCUT2D eigenvalue weighted by Gasteiger charge is -2.15. The number of carboxylic acids is 1. The van der Waals surface area contributed by atoms with Crippen LogP contribution < -0.4 is 10.6 Å². The van der Waals surface area contributed by atoms with Crippen molar-refractivity contribution in [2.45, 2.75) is 31.3 Å². The second-order valence-corrected chi connectivity index (χ2v) is 4.73. The highest BCUT2D eigenvalue weighted by atomic mass is 16.4. The number of nitrogens with one attached hydrogen (secondary N) is 2. The molecular formula is C14H18N2O3. The Bertz CT molecular complexity index is 443. The summed E-state index contributed by atoms with van der Waals surface area (Å²) < 4.78 is 0. The molecule has 1 fully saturated rings. The van der Waals surface area contributed by atoms with E-state index in [2.05, 4.69) is 10.6 Å². The summed E-state index contributed by atoms with van der Waals surface area (Å²) in [5.74, 6) is -1.29. The van der Waals surface area contributed by atoms with Crippen molar-refractivity contribution in [3.8, 4) is 0 Å². The smallest absolute Gasteiger partial charge is 0.330 e. The summed E-state index contributed by atoms with van der Waals surface area (Å²) in [7, 11) is 0. The molecule has 0 bridgehead atoms. The summed E-state index contributed by atoms with van der Waals surface area (Å²) in [5, 5.41) is 14.9. The van der Waals surface area contributed by atoms with E-state index in [1.165, 1.54) is 12.8 Å². The minimum absolute atomic E-state index is 0.246. The van der Waals surface area contributed by atoms with Gasteiger partial charge < -0.3 is 15.7 Å². The summed E-state index contributed by atoms with van der Waals surface area (Å²) in [6, 6.07) is 8.29. The van der Waals surface area contributed by atoms with Crippen LogP contribution in [0.3, 0.4) is 0 Å². The quantitative estimate of drug-likeness (QED) is 0.687. The number of rotatable bonds is 7. The van der Waals surface area contributed by atoms with E-state index < -0.39 is 12.0 Å². The Morgan fingerprint density at radius 2 is 1.95 bits per heavy atom. The maximum Gasteiger partial charge on any atom is 0.330 e. The second-order valence-electron chi connectivity index (χ2n) is 4.73. The van der Waals surface area contributed by atoms with E-state index >= 15 is 0 Å². The number of carbonyl (C=O) groups excluding carboxylic acids is 1. The highest BCUT2D eigenvalue weighted by Crippen LogP contribution is 2.18. The van der Waals surface area contributed by atoms with E-state index in [-0.39, 0.29) is 5.91 Å². The number of aliphatic carboxylic acids is 1. The summed E-state index contributed by atoms with van der Waals surface area (Å²) in [4.78, 5) is 22.9. The van der Waals surface area contributed by atoms with E-state index in [0.717, 1.165) is 0 Å². The lowest BCUT2D eigenvalue weighted by molar-refractivity contribution is -0.142. The minimum Gasteiger partial charge on any atom is -0.479 e. The SMILES string of the molecule is O=C(CCNC1CC1)NC(C(=O)O)c1ccccc1. The molecule has 0 spiro atoms. The molecule has 5 heteroatoms. The van der Waals surface area contributed by atoms with Gasteiger partial charge in [-0.15, -0.1) is 0 Å². The molecule has 1 unspecified atom stereocenters. The minimum atomic E-state index is -1.05. The summed E-state index contributed by atoms with van der Waals surface area (Å²) in [5.41, 5.74) is 0.582. The number of carbonyl (C=O) groups is 2. The van der Waals surface area contributed by atoms with Crippen LogP contribution in [0.5, 0.6) is 0 Å².